The number of thiazole rings is 1. The minimum atomic E-state index is -1.65. The number of aryl methyl sites for hydroxylation is 1. The lowest BCUT2D eigenvalue weighted by Gasteiger charge is -2.39. The van der Waals surface area contributed by atoms with Crippen LogP contribution in [0.25, 0.3) is 5.69 Å². The molecule has 0 bridgehead atoms. The van der Waals surface area contributed by atoms with Crippen molar-refractivity contribution in [3.8, 4) is 16.5 Å². The molecule has 2 heterocycles. The van der Waals surface area contributed by atoms with Crippen LogP contribution in [0.4, 0.5) is 17.6 Å². The minimum Gasteiger partial charge on any atom is -0.442 e. The number of benzene rings is 3. The Morgan fingerprint density at radius 1 is 1.00 bits per heavy atom. The first kappa shape index (κ1) is 27.9. The number of halogens is 4. The van der Waals surface area contributed by atoms with Gasteiger partial charge >= 0.3 is 5.69 Å². The van der Waals surface area contributed by atoms with Crippen molar-refractivity contribution in [3.05, 3.63) is 123 Å². The lowest BCUT2D eigenvalue weighted by Crippen LogP contribution is -2.42. The van der Waals surface area contributed by atoms with Gasteiger partial charge in [0.1, 0.15) is 23.0 Å². The number of aromatic nitrogens is 4. The Kier molecular flexibility index (Phi) is 7.42. The second-order valence-corrected chi connectivity index (χ2v) is 11.0. The highest BCUT2D eigenvalue weighted by molar-refractivity contribution is 7.13. The molecule has 42 heavy (non-hydrogen) atoms. The zero-order valence-electron chi connectivity index (χ0n) is 22.3. The summed E-state index contributed by atoms with van der Waals surface area (Å²) < 4.78 is 72.1. The van der Waals surface area contributed by atoms with Crippen LogP contribution in [-0.2, 0) is 23.6 Å². The number of rotatable bonds is 9. The summed E-state index contributed by atoms with van der Waals surface area (Å²) in [5.74, 6) is -2.54. The van der Waals surface area contributed by atoms with Crippen LogP contribution in [0.3, 0.4) is 0 Å². The molecule has 0 aliphatic heterocycles. The van der Waals surface area contributed by atoms with Crippen molar-refractivity contribution < 1.29 is 27.0 Å². The predicted octanol–water partition coefficient (Wildman–Crippen LogP) is 6.60. The quantitative estimate of drug-likeness (QED) is 0.179. The highest BCUT2D eigenvalue weighted by Crippen LogP contribution is 2.50. The lowest BCUT2D eigenvalue weighted by molar-refractivity contribution is -0.107. The van der Waals surface area contributed by atoms with E-state index in [9.17, 15) is 13.6 Å². The number of hydrogen-bond acceptors (Lipinski definition) is 6. The molecule has 0 atom stereocenters. The topological polar surface area (TPSA) is 71.2 Å². The fraction of sp³-hybridized carbons (Fsp3) is 0.233. The van der Waals surface area contributed by atoms with Gasteiger partial charge in [-0.15, -0.1) is 0 Å². The molecule has 0 N–H and O–H groups in total. The maximum absolute atomic E-state index is 15.5. The summed E-state index contributed by atoms with van der Waals surface area (Å²) in [7, 11) is 0. The summed E-state index contributed by atoms with van der Waals surface area (Å²) in [6.45, 7) is 1.67. The van der Waals surface area contributed by atoms with Gasteiger partial charge in [-0.3, -0.25) is 4.57 Å². The van der Waals surface area contributed by atoms with Crippen molar-refractivity contribution in [1.29, 1.82) is 0 Å². The molecule has 1 fully saturated rings. The molecule has 6 rings (SSSR count). The Balaban J connectivity index is 1.12. The van der Waals surface area contributed by atoms with Gasteiger partial charge in [-0.1, -0.05) is 47.7 Å². The standard InChI is InChI=1S/C30H24F4N4O3S/c1-18-27(42-28(36-18)30(34)13-21(14-30)40-16-19-6-3-2-4-7-19)41-26-11-10-20(12-25(26)33)38-29(39)37(17-35-38)15-22-23(31)8-5-9-24(22)32/h2-12,17,21H,13-16H2,1H3. The molecule has 0 unspecified atom stereocenters. The number of alkyl halides is 1. The summed E-state index contributed by atoms with van der Waals surface area (Å²) >= 11 is 1.01. The summed E-state index contributed by atoms with van der Waals surface area (Å²) in [5, 5.41) is 4.44. The van der Waals surface area contributed by atoms with Gasteiger partial charge in [-0.05, 0) is 36.8 Å². The van der Waals surface area contributed by atoms with Crippen molar-refractivity contribution in [3.63, 3.8) is 0 Å². The van der Waals surface area contributed by atoms with Crippen molar-refractivity contribution in [1.82, 2.24) is 19.3 Å². The molecular formula is C30H24F4N4O3S. The molecule has 5 aromatic rings. The van der Waals surface area contributed by atoms with E-state index in [-0.39, 0.29) is 52.6 Å². The fourth-order valence-electron chi connectivity index (χ4n) is 4.69. The van der Waals surface area contributed by atoms with E-state index in [1.54, 1.807) is 6.92 Å². The van der Waals surface area contributed by atoms with Crippen LogP contribution in [0.5, 0.6) is 10.8 Å². The first-order valence-electron chi connectivity index (χ1n) is 13.1. The molecule has 12 heteroatoms. The largest absolute Gasteiger partial charge is 0.442 e. The Hall–Kier alpha value is -4.29. The third kappa shape index (κ3) is 5.47. The molecule has 1 saturated carbocycles. The van der Waals surface area contributed by atoms with Crippen molar-refractivity contribution in [2.24, 2.45) is 0 Å². The highest BCUT2D eigenvalue weighted by Gasteiger charge is 2.49. The van der Waals surface area contributed by atoms with Crippen LogP contribution in [0, 0.1) is 24.4 Å². The van der Waals surface area contributed by atoms with E-state index in [0.29, 0.717) is 12.3 Å². The first-order valence-corrected chi connectivity index (χ1v) is 13.9. The second-order valence-electron chi connectivity index (χ2n) is 10.1. The van der Waals surface area contributed by atoms with Crippen LogP contribution >= 0.6 is 11.3 Å². The first-order chi connectivity index (χ1) is 20.2. The summed E-state index contributed by atoms with van der Waals surface area (Å²) in [6.07, 6.45) is 1.22. The van der Waals surface area contributed by atoms with Crippen LogP contribution < -0.4 is 10.4 Å². The molecule has 0 amide bonds. The van der Waals surface area contributed by atoms with Gasteiger partial charge in [0.15, 0.2) is 17.2 Å². The molecule has 1 aliphatic rings. The van der Waals surface area contributed by atoms with Gasteiger partial charge < -0.3 is 9.47 Å². The number of nitrogens with zero attached hydrogens (tertiary/aromatic N) is 4. The highest BCUT2D eigenvalue weighted by atomic mass is 32.1. The SMILES string of the molecule is Cc1nc(C2(F)CC(OCc3ccccc3)C2)sc1Oc1ccc(-n2ncn(Cc3c(F)cccc3F)c2=O)cc1F. The molecule has 1 aliphatic carbocycles. The van der Waals surface area contributed by atoms with Gasteiger partial charge in [0, 0.05) is 24.5 Å². The zero-order valence-corrected chi connectivity index (χ0v) is 23.1. The number of hydrogen-bond donors (Lipinski definition) is 0. The summed E-state index contributed by atoms with van der Waals surface area (Å²) in [6, 6.07) is 16.8. The van der Waals surface area contributed by atoms with Crippen LogP contribution in [0.15, 0.2) is 77.9 Å². The summed E-state index contributed by atoms with van der Waals surface area (Å²) in [4.78, 5) is 17.1. The molecular weight excluding hydrogens is 572 g/mol. The van der Waals surface area contributed by atoms with Crippen molar-refractivity contribution >= 4 is 11.3 Å². The Labute approximate surface area is 241 Å². The normalized spacial score (nSPS) is 18.2. The molecule has 2 aromatic heterocycles. The molecule has 3 aromatic carbocycles. The third-order valence-corrected chi connectivity index (χ3v) is 8.27. The zero-order chi connectivity index (χ0) is 29.4. The maximum atomic E-state index is 15.5. The average molecular weight is 597 g/mol. The van der Waals surface area contributed by atoms with E-state index < -0.39 is 28.8 Å². The van der Waals surface area contributed by atoms with Crippen LogP contribution in [-0.4, -0.2) is 25.4 Å². The van der Waals surface area contributed by atoms with E-state index in [4.69, 9.17) is 9.47 Å². The van der Waals surface area contributed by atoms with Crippen LogP contribution in [0.2, 0.25) is 0 Å². The van der Waals surface area contributed by atoms with Gasteiger partial charge in [0.05, 0.1) is 30.6 Å². The van der Waals surface area contributed by atoms with E-state index >= 15 is 8.78 Å². The molecule has 0 spiro atoms. The van der Waals surface area contributed by atoms with E-state index in [1.165, 1.54) is 18.2 Å². The van der Waals surface area contributed by atoms with Gasteiger partial charge in [-0.25, -0.2) is 27.3 Å². The smallest absolute Gasteiger partial charge is 0.350 e. The van der Waals surface area contributed by atoms with Crippen LogP contribution in [0.1, 0.15) is 34.7 Å². The van der Waals surface area contributed by atoms with E-state index in [1.807, 2.05) is 30.3 Å². The molecule has 0 saturated heterocycles. The number of ether oxygens (including phenoxy) is 2. The minimum absolute atomic E-state index is 0.0815. The monoisotopic (exact) mass is 596 g/mol. The second kappa shape index (κ2) is 11.2. The van der Waals surface area contributed by atoms with E-state index in [0.717, 1.165) is 50.7 Å². The lowest BCUT2D eigenvalue weighted by atomic mass is 9.79. The molecule has 0 radical (unpaired) electrons. The van der Waals surface area contributed by atoms with Crippen molar-refractivity contribution in [2.75, 3.05) is 0 Å². The third-order valence-electron chi connectivity index (χ3n) is 7.05. The fourth-order valence-corrected chi connectivity index (χ4v) is 5.72. The van der Waals surface area contributed by atoms with Gasteiger partial charge in [0.25, 0.3) is 0 Å². The molecule has 7 nitrogen and oxygen atoms in total. The van der Waals surface area contributed by atoms with Crippen molar-refractivity contribution in [2.45, 2.75) is 44.7 Å². The Bertz CT molecular complexity index is 1780. The Morgan fingerprint density at radius 2 is 1.74 bits per heavy atom. The maximum Gasteiger partial charge on any atom is 0.350 e. The molecule has 216 valence electrons. The van der Waals surface area contributed by atoms with E-state index in [2.05, 4.69) is 10.1 Å². The average Bonchev–Trinajstić information content (AvgIpc) is 3.51. The Morgan fingerprint density at radius 3 is 2.45 bits per heavy atom. The van der Waals surface area contributed by atoms with Gasteiger partial charge in [-0.2, -0.15) is 9.78 Å². The predicted molar refractivity (Wildman–Crippen MR) is 147 cm³/mol. The van der Waals surface area contributed by atoms with Gasteiger partial charge in [0.2, 0.25) is 5.06 Å². The summed E-state index contributed by atoms with van der Waals surface area (Å²) in [5.41, 5.74) is -1.14.